The molecule has 0 spiro atoms. The van der Waals surface area contributed by atoms with Crippen molar-refractivity contribution in [2.24, 2.45) is 0 Å². The highest BCUT2D eigenvalue weighted by Crippen LogP contribution is 2.41. The second-order valence-electron chi connectivity index (χ2n) is 6.12. The quantitative estimate of drug-likeness (QED) is 0.862. The van der Waals surface area contributed by atoms with Crippen molar-refractivity contribution in [1.82, 2.24) is 5.32 Å². The molecule has 1 aliphatic rings. The van der Waals surface area contributed by atoms with E-state index >= 15 is 0 Å². The largest absolute Gasteiger partial charge is 0.314 e. The summed E-state index contributed by atoms with van der Waals surface area (Å²) in [6.07, 6.45) is 3.86. The number of rotatable bonds is 3. The van der Waals surface area contributed by atoms with E-state index in [2.05, 4.69) is 61.6 Å². The Morgan fingerprint density at radius 3 is 2.74 bits per heavy atom. The van der Waals surface area contributed by atoms with Gasteiger partial charge in [0.05, 0.1) is 0 Å². The van der Waals surface area contributed by atoms with E-state index in [9.17, 15) is 0 Å². The summed E-state index contributed by atoms with van der Waals surface area (Å²) in [5.41, 5.74) is 1.85. The Kier molecular flexibility index (Phi) is 3.32. The molecule has 19 heavy (non-hydrogen) atoms. The van der Waals surface area contributed by atoms with Crippen LogP contribution in [0.2, 0.25) is 0 Å². The fourth-order valence-electron chi connectivity index (χ4n) is 3.53. The van der Waals surface area contributed by atoms with Gasteiger partial charge < -0.3 is 5.32 Å². The lowest BCUT2D eigenvalue weighted by atomic mass is 9.80. The SMILES string of the molecule is CCNC1CCC(C)(c2ccc3ccccc3c2)C1. The number of hydrogen-bond acceptors (Lipinski definition) is 1. The Labute approximate surface area is 116 Å². The Hall–Kier alpha value is -1.34. The zero-order valence-corrected chi connectivity index (χ0v) is 11.9. The van der Waals surface area contributed by atoms with Crippen LogP contribution < -0.4 is 5.32 Å². The maximum absolute atomic E-state index is 3.61. The van der Waals surface area contributed by atoms with Crippen LogP contribution in [0, 0.1) is 0 Å². The van der Waals surface area contributed by atoms with Gasteiger partial charge in [-0.1, -0.05) is 56.3 Å². The first-order valence-corrected chi connectivity index (χ1v) is 7.44. The Bertz CT molecular complexity index is 575. The number of fused-ring (bicyclic) bond motifs is 1. The van der Waals surface area contributed by atoms with Gasteiger partial charge in [-0.3, -0.25) is 0 Å². The van der Waals surface area contributed by atoms with Crippen LogP contribution in [0.15, 0.2) is 42.5 Å². The van der Waals surface area contributed by atoms with Crippen molar-refractivity contribution in [1.29, 1.82) is 0 Å². The zero-order chi connectivity index (χ0) is 13.3. The Morgan fingerprint density at radius 1 is 1.16 bits per heavy atom. The third-order valence-electron chi connectivity index (χ3n) is 4.68. The van der Waals surface area contributed by atoms with Crippen LogP contribution in [0.1, 0.15) is 38.7 Å². The van der Waals surface area contributed by atoms with Gasteiger partial charge in [-0.05, 0) is 47.6 Å². The molecule has 0 aromatic heterocycles. The predicted octanol–water partition coefficient (Wildman–Crippen LogP) is 4.26. The summed E-state index contributed by atoms with van der Waals surface area (Å²) >= 11 is 0. The van der Waals surface area contributed by atoms with Crippen molar-refractivity contribution < 1.29 is 0 Å². The Balaban J connectivity index is 1.91. The van der Waals surface area contributed by atoms with Crippen molar-refractivity contribution in [2.45, 2.75) is 44.6 Å². The fraction of sp³-hybridized carbons (Fsp3) is 0.444. The molecule has 1 aliphatic carbocycles. The highest BCUT2D eigenvalue weighted by atomic mass is 14.9. The number of nitrogens with one attached hydrogen (secondary N) is 1. The zero-order valence-electron chi connectivity index (χ0n) is 11.9. The van der Waals surface area contributed by atoms with E-state index < -0.39 is 0 Å². The molecule has 0 saturated heterocycles. The number of benzene rings is 2. The second-order valence-corrected chi connectivity index (χ2v) is 6.12. The van der Waals surface area contributed by atoms with Gasteiger partial charge in [-0.2, -0.15) is 0 Å². The van der Waals surface area contributed by atoms with Gasteiger partial charge in [-0.25, -0.2) is 0 Å². The molecule has 2 unspecified atom stereocenters. The molecule has 1 heteroatoms. The molecule has 0 aliphatic heterocycles. The normalized spacial score (nSPS) is 26.9. The van der Waals surface area contributed by atoms with Crippen molar-refractivity contribution in [3.63, 3.8) is 0 Å². The molecule has 2 atom stereocenters. The van der Waals surface area contributed by atoms with Crippen molar-refractivity contribution in [3.8, 4) is 0 Å². The molecule has 3 rings (SSSR count). The first-order chi connectivity index (χ1) is 9.21. The van der Waals surface area contributed by atoms with E-state index in [1.807, 2.05) is 0 Å². The van der Waals surface area contributed by atoms with Gasteiger partial charge in [0.1, 0.15) is 0 Å². The van der Waals surface area contributed by atoms with Gasteiger partial charge in [0, 0.05) is 6.04 Å². The van der Waals surface area contributed by atoms with E-state index in [0.717, 1.165) is 6.54 Å². The average Bonchev–Trinajstić information content (AvgIpc) is 2.82. The monoisotopic (exact) mass is 253 g/mol. The predicted molar refractivity (Wildman–Crippen MR) is 82.6 cm³/mol. The fourth-order valence-corrected chi connectivity index (χ4v) is 3.53. The molecule has 1 nitrogen and oxygen atoms in total. The van der Waals surface area contributed by atoms with Crippen LogP contribution in [-0.2, 0) is 5.41 Å². The molecular weight excluding hydrogens is 230 g/mol. The molecule has 100 valence electrons. The van der Waals surface area contributed by atoms with Crippen molar-refractivity contribution >= 4 is 10.8 Å². The van der Waals surface area contributed by atoms with Crippen LogP contribution in [0.3, 0.4) is 0 Å². The Morgan fingerprint density at radius 2 is 1.95 bits per heavy atom. The molecule has 0 amide bonds. The maximum atomic E-state index is 3.61. The third kappa shape index (κ3) is 2.40. The lowest BCUT2D eigenvalue weighted by molar-refractivity contribution is 0.458. The summed E-state index contributed by atoms with van der Waals surface area (Å²) in [5.74, 6) is 0. The summed E-state index contributed by atoms with van der Waals surface area (Å²) < 4.78 is 0. The van der Waals surface area contributed by atoms with Crippen molar-refractivity contribution in [3.05, 3.63) is 48.0 Å². The van der Waals surface area contributed by atoms with Crippen LogP contribution in [0.4, 0.5) is 0 Å². The molecule has 2 aromatic carbocycles. The minimum Gasteiger partial charge on any atom is -0.314 e. The second kappa shape index (κ2) is 4.97. The lowest BCUT2D eigenvalue weighted by Gasteiger charge is -2.25. The summed E-state index contributed by atoms with van der Waals surface area (Å²) in [4.78, 5) is 0. The van der Waals surface area contributed by atoms with E-state index in [1.54, 1.807) is 0 Å². The van der Waals surface area contributed by atoms with E-state index in [-0.39, 0.29) is 0 Å². The smallest absolute Gasteiger partial charge is 0.00756 e. The van der Waals surface area contributed by atoms with Gasteiger partial charge in [0.2, 0.25) is 0 Å². The average molecular weight is 253 g/mol. The summed E-state index contributed by atoms with van der Waals surface area (Å²) in [7, 11) is 0. The highest BCUT2D eigenvalue weighted by Gasteiger charge is 2.36. The van der Waals surface area contributed by atoms with Crippen LogP contribution in [-0.4, -0.2) is 12.6 Å². The highest BCUT2D eigenvalue weighted by molar-refractivity contribution is 5.83. The van der Waals surface area contributed by atoms with Crippen LogP contribution >= 0.6 is 0 Å². The van der Waals surface area contributed by atoms with E-state index in [4.69, 9.17) is 0 Å². The van der Waals surface area contributed by atoms with Gasteiger partial charge >= 0.3 is 0 Å². The summed E-state index contributed by atoms with van der Waals surface area (Å²) in [5, 5.41) is 6.32. The first-order valence-electron chi connectivity index (χ1n) is 7.44. The molecule has 1 N–H and O–H groups in total. The van der Waals surface area contributed by atoms with Gasteiger partial charge in [-0.15, -0.1) is 0 Å². The van der Waals surface area contributed by atoms with E-state index in [0.29, 0.717) is 11.5 Å². The van der Waals surface area contributed by atoms with Gasteiger partial charge in [0.15, 0.2) is 0 Å². The summed E-state index contributed by atoms with van der Waals surface area (Å²) in [6, 6.07) is 16.3. The lowest BCUT2D eigenvalue weighted by Crippen LogP contribution is -2.28. The molecule has 0 heterocycles. The third-order valence-corrected chi connectivity index (χ3v) is 4.68. The molecular formula is C18H23N. The minimum atomic E-state index is 0.344. The van der Waals surface area contributed by atoms with Gasteiger partial charge in [0.25, 0.3) is 0 Å². The number of hydrogen-bond donors (Lipinski definition) is 1. The molecule has 0 radical (unpaired) electrons. The molecule has 0 bridgehead atoms. The van der Waals surface area contributed by atoms with Crippen molar-refractivity contribution in [2.75, 3.05) is 6.54 Å². The van der Waals surface area contributed by atoms with E-state index in [1.165, 1.54) is 35.6 Å². The topological polar surface area (TPSA) is 12.0 Å². The minimum absolute atomic E-state index is 0.344. The first kappa shape index (κ1) is 12.7. The summed E-state index contributed by atoms with van der Waals surface area (Å²) in [6.45, 7) is 5.71. The maximum Gasteiger partial charge on any atom is 0.00756 e. The molecule has 1 saturated carbocycles. The van der Waals surface area contributed by atoms with Crippen LogP contribution in [0.5, 0.6) is 0 Å². The standard InChI is InChI=1S/C18H23N/c1-3-19-17-10-11-18(2,13-17)16-9-8-14-6-4-5-7-15(14)12-16/h4-9,12,17,19H,3,10-11,13H2,1-2H3. The molecule has 1 fully saturated rings. The van der Waals surface area contributed by atoms with Crippen LogP contribution in [0.25, 0.3) is 10.8 Å². The molecule has 2 aromatic rings.